The van der Waals surface area contributed by atoms with Gasteiger partial charge in [-0.1, -0.05) is 6.42 Å². The summed E-state index contributed by atoms with van der Waals surface area (Å²) in [6, 6.07) is 0. The van der Waals surface area contributed by atoms with Crippen LogP contribution < -0.4 is 41.0 Å². The van der Waals surface area contributed by atoms with E-state index in [1.807, 2.05) is 0 Å². The average molecular weight is 234 g/mol. The molecule has 14 heavy (non-hydrogen) atoms. The van der Waals surface area contributed by atoms with Crippen molar-refractivity contribution < 1.29 is 43.6 Å². The van der Waals surface area contributed by atoms with Gasteiger partial charge in [-0.25, -0.2) is 0 Å². The van der Waals surface area contributed by atoms with E-state index in [2.05, 4.69) is 4.18 Å². The van der Waals surface area contributed by atoms with Crippen LogP contribution in [0.2, 0.25) is 0 Å². The van der Waals surface area contributed by atoms with Gasteiger partial charge in [0.25, 0.3) is 10.1 Å². The van der Waals surface area contributed by atoms with Crippen molar-refractivity contribution >= 4 is 10.1 Å². The predicted octanol–water partition coefficient (Wildman–Crippen LogP) is -3.12. The Labute approximate surface area is 109 Å². The molecule has 1 unspecified atom stereocenters. The second-order valence-corrected chi connectivity index (χ2v) is 4.58. The van der Waals surface area contributed by atoms with Gasteiger partial charge in [0, 0.05) is 0 Å². The standard InChI is InChI=1S/C7H18N2O3S.Na.H/c1-13(10,11)12-7(9)5-3-2-4-6-8;;/h7H,2-6,8-9H2,1H3;;/q;+1;-1. The number of nitrogens with two attached hydrogens (primary N) is 2. The van der Waals surface area contributed by atoms with E-state index in [-0.39, 0.29) is 31.0 Å². The first-order valence-corrected chi connectivity index (χ1v) is 6.11. The Morgan fingerprint density at radius 1 is 1.36 bits per heavy atom. The number of rotatable bonds is 7. The van der Waals surface area contributed by atoms with Crippen LogP contribution in [0, 0.1) is 0 Å². The maximum Gasteiger partial charge on any atom is 1.00 e. The Kier molecular flexibility index (Phi) is 11.2. The zero-order valence-corrected chi connectivity index (χ0v) is 11.7. The molecule has 0 aliphatic heterocycles. The summed E-state index contributed by atoms with van der Waals surface area (Å²) in [4.78, 5) is 0. The molecule has 0 aliphatic carbocycles. The molecule has 1 atom stereocenters. The van der Waals surface area contributed by atoms with Crippen molar-refractivity contribution in [1.82, 2.24) is 0 Å². The van der Waals surface area contributed by atoms with Crippen LogP contribution in [-0.2, 0) is 14.3 Å². The van der Waals surface area contributed by atoms with Crippen molar-refractivity contribution in [1.29, 1.82) is 0 Å². The van der Waals surface area contributed by atoms with E-state index in [9.17, 15) is 8.42 Å². The molecule has 0 saturated carbocycles. The van der Waals surface area contributed by atoms with Crippen LogP contribution >= 0.6 is 0 Å². The fraction of sp³-hybridized carbons (Fsp3) is 1.00. The number of unbranched alkanes of at least 4 members (excludes halogenated alkanes) is 2. The maximum atomic E-state index is 10.6. The van der Waals surface area contributed by atoms with Gasteiger partial charge in [0.15, 0.2) is 0 Å². The topological polar surface area (TPSA) is 95.4 Å². The molecule has 82 valence electrons. The Morgan fingerprint density at radius 3 is 2.36 bits per heavy atom. The van der Waals surface area contributed by atoms with Crippen LogP contribution in [0.3, 0.4) is 0 Å². The first kappa shape index (κ1) is 17.2. The number of hydrogen-bond donors (Lipinski definition) is 2. The molecule has 0 aromatic rings. The summed E-state index contributed by atoms with van der Waals surface area (Å²) >= 11 is 0. The third-order valence-corrected chi connectivity index (χ3v) is 2.09. The predicted molar refractivity (Wildman–Crippen MR) is 52.5 cm³/mol. The molecule has 0 rings (SSSR count). The van der Waals surface area contributed by atoms with Gasteiger partial charge in [-0.2, -0.15) is 8.42 Å². The molecule has 0 aromatic carbocycles. The second kappa shape index (κ2) is 9.08. The summed E-state index contributed by atoms with van der Waals surface area (Å²) in [6.07, 6.45) is 3.56. The third kappa shape index (κ3) is 12.8. The van der Waals surface area contributed by atoms with Crippen LogP contribution in [-0.4, -0.2) is 27.4 Å². The smallest absolute Gasteiger partial charge is 1.00 e. The van der Waals surface area contributed by atoms with E-state index < -0.39 is 16.3 Å². The fourth-order valence-corrected chi connectivity index (χ4v) is 1.48. The van der Waals surface area contributed by atoms with Crippen molar-refractivity contribution in [2.24, 2.45) is 11.5 Å². The molecule has 0 saturated heterocycles. The Balaban J connectivity index is -0.000000720. The van der Waals surface area contributed by atoms with Crippen LogP contribution in [0.15, 0.2) is 0 Å². The van der Waals surface area contributed by atoms with Crippen molar-refractivity contribution in [2.75, 3.05) is 12.8 Å². The van der Waals surface area contributed by atoms with Gasteiger partial charge in [-0.05, 0) is 25.8 Å². The van der Waals surface area contributed by atoms with Crippen molar-refractivity contribution in [3.05, 3.63) is 0 Å². The van der Waals surface area contributed by atoms with E-state index in [4.69, 9.17) is 11.5 Å². The van der Waals surface area contributed by atoms with Gasteiger partial charge < -0.3 is 12.9 Å². The summed E-state index contributed by atoms with van der Waals surface area (Å²) < 4.78 is 25.8. The summed E-state index contributed by atoms with van der Waals surface area (Å²) in [5.41, 5.74) is 10.7. The van der Waals surface area contributed by atoms with Crippen LogP contribution in [0.4, 0.5) is 0 Å². The molecule has 0 fully saturated rings. The van der Waals surface area contributed by atoms with E-state index in [1.54, 1.807) is 0 Å². The summed E-state index contributed by atoms with van der Waals surface area (Å²) in [5, 5.41) is 0. The SMILES string of the molecule is CS(=O)(=O)OC(N)CCCCCN.[H-].[Na+]. The fourth-order valence-electron chi connectivity index (χ4n) is 0.939. The molecule has 4 N–H and O–H groups in total. The molecule has 0 amide bonds. The minimum Gasteiger partial charge on any atom is -1.00 e. The zero-order valence-electron chi connectivity index (χ0n) is 9.90. The maximum absolute atomic E-state index is 10.6. The molecular formula is C7H19N2NaO3S. The molecule has 0 heterocycles. The van der Waals surface area contributed by atoms with Crippen LogP contribution in [0.5, 0.6) is 0 Å². The molecule has 0 spiro atoms. The minimum atomic E-state index is -3.42. The molecule has 0 bridgehead atoms. The first-order chi connectivity index (χ1) is 5.95. The number of hydrogen-bond acceptors (Lipinski definition) is 5. The minimum absolute atomic E-state index is 0. The van der Waals surface area contributed by atoms with Gasteiger partial charge in [-0.3, -0.25) is 4.18 Å². The van der Waals surface area contributed by atoms with Crippen LogP contribution in [0.1, 0.15) is 27.1 Å². The quantitative estimate of drug-likeness (QED) is 0.210. The molecule has 0 radical (unpaired) electrons. The van der Waals surface area contributed by atoms with Crippen molar-refractivity contribution in [3.8, 4) is 0 Å². The van der Waals surface area contributed by atoms with E-state index >= 15 is 0 Å². The van der Waals surface area contributed by atoms with Crippen molar-refractivity contribution in [3.63, 3.8) is 0 Å². The van der Waals surface area contributed by atoms with Gasteiger partial charge in [0.1, 0.15) is 6.23 Å². The monoisotopic (exact) mass is 234 g/mol. The second-order valence-electron chi connectivity index (χ2n) is 2.98. The third-order valence-electron chi connectivity index (χ3n) is 1.49. The van der Waals surface area contributed by atoms with Crippen LogP contribution in [0.25, 0.3) is 0 Å². The zero-order chi connectivity index (χ0) is 10.3. The Hall–Kier alpha value is 0.830. The molecule has 0 aromatic heterocycles. The molecular weight excluding hydrogens is 215 g/mol. The molecule has 7 heteroatoms. The Bertz CT molecular complexity index is 226. The van der Waals surface area contributed by atoms with E-state index in [1.165, 1.54) is 0 Å². The van der Waals surface area contributed by atoms with Gasteiger partial charge >= 0.3 is 29.6 Å². The van der Waals surface area contributed by atoms with E-state index in [0.717, 1.165) is 25.5 Å². The van der Waals surface area contributed by atoms with Gasteiger partial charge in [0.2, 0.25) is 0 Å². The summed E-state index contributed by atoms with van der Waals surface area (Å²) in [7, 11) is -3.42. The van der Waals surface area contributed by atoms with Crippen molar-refractivity contribution in [2.45, 2.75) is 31.9 Å². The summed E-state index contributed by atoms with van der Waals surface area (Å²) in [6.45, 7) is 0.655. The van der Waals surface area contributed by atoms with Gasteiger partial charge in [-0.15, -0.1) is 0 Å². The first-order valence-electron chi connectivity index (χ1n) is 4.29. The largest absolute Gasteiger partial charge is 1.00 e. The van der Waals surface area contributed by atoms with Gasteiger partial charge in [0.05, 0.1) is 6.26 Å². The normalized spacial score (nSPS) is 13.4. The summed E-state index contributed by atoms with van der Waals surface area (Å²) in [5.74, 6) is 0. The Morgan fingerprint density at radius 2 is 1.93 bits per heavy atom. The molecule has 0 aliphatic rings. The van der Waals surface area contributed by atoms with E-state index in [0.29, 0.717) is 13.0 Å². The molecule has 5 nitrogen and oxygen atoms in total. The average Bonchev–Trinajstić information content (AvgIpc) is 1.94.